The molecular formula is C22H44N4O3. The molecule has 0 aromatic heterocycles. The van der Waals surface area contributed by atoms with Crippen LogP contribution in [-0.4, -0.2) is 86.7 Å². The molecule has 0 unspecified atom stereocenters. The van der Waals surface area contributed by atoms with Gasteiger partial charge in [0.15, 0.2) is 0 Å². The van der Waals surface area contributed by atoms with Gasteiger partial charge in [-0.15, -0.1) is 0 Å². The van der Waals surface area contributed by atoms with Crippen molar-refractivity contribution in [3.8, 4) is 0 Å². The standard InChI is InChI=1S/C9H18N2O2.C8H16N2.C4H6O.CH4/c1-9(2,3)13-8(12)11-6-4-10-5-7-11;1-2-8(1)7-10-5-3-9-4-6-10;5-3-4-1-2-4;/h10H,4-7H2,1-3H3;8-9H,1-7H2;3-4H,1-2H2;1H4. The van der Waals surface area contributed by atoms with Crippen molar-refractivity contribution < 1.29 is 14.3 Å². The predicted octanol–water partition coefficient (Wildman–Crippen LogP) is 2.36. The minimum Gasteiger partial charge on any atom is -0.444 e. The van der Waals surface area contributed by atoms with Gasteiger partial charge < -0.3 is 30.0 Å². The molecule has 170 valence electrons. The molecule has 0 spiro atoms. The molecule has 7 heteroatoms. The van der Waals surface area contributed by atoms with E-state index in [1.54, 1.807) is 4.90 Å². The molecule has 4 aliphatic rings. The summed E-state index contributed by atoms with van der Waals surface area (Å²) in [5.41, 5.74) is -0.387. The van der Waals surface area contributed by atoms with E-state index in [9.17, 15) is 9.59 Å². The molecule has 2 saturated heterocycles. The van der Waals surface area contributed by atoms with Crippen molar-refractivity contribution in [1.82, 2.24) is 20.4 Å². The van der Waals surface area contributed by atoms with E-state index in [4.69, 9.17) is 4.74 Å². The fourth-order valence-corrected chi connectivity index (χ4v) is 2.97. The average molecular weight is 413 g/mol. The SMILES string of the molecule is C.C1CN(CC2CC2)CCN1.CC(C)(C)OC(=O)N1CCNCC1.O=CC1CC1. The lowest BCUT2D eigenvalue weighted by Gasteiger charge is -2.30. The Hall–Kier alpha value is -1.18. The summed E-state index contributed by atoms with van der Waals surface area (Å²) in [6, 6.07) is 0. The molecule has 0 aromatic carbocycles. The molecule has 2 aliphatic heterocycles. The van der Waals surface area contributed by atoms with Gasteiger partial charge in [0.25, 0.3) is 0 Å². The van der Waals surface area contributed by atoms with Crippen molar-refractivity contribution in [2.45, 2.75) is 59.5 Å². The lowest BCUT2D eigenvalue weighted by Crippen LogP contribution is -2.48. The number of hydrogen-bond donors (Lipinski definition) is 2. The third-order valence-electron chi connectivity index (χ3n) is 5.01. The molecular weight excluding hydrogens is 368 g/mol. The van der Waals surface area contributed by atoms with Crippen LogP contribution in [0.5, 0.6) is 0 Å². The topological polar surface area (TPSA) is 73.9 Å². The first-order valence-electron chi connectivity index (χ1n) is 10.9. The summed E-state index contributed by atoms with van der Waals surface area (Å²) in [5, 5.41) is 6.55. The van der Waals surface area contributed by atoms with Crippen LogP contribution >= 0.6 is 0 Å². The maximum absolute atomic E-state index is 11.5. The first-order valence-corrected chi connectivity index (χ1v) is 10.9. The number of hydrogen-bond acceptors (Lipinski definition) is 6. The Labute approximate surface area is 177 Å². The molecule has 29 heavy (non-hydrogen) atoms. The van der Waals surface area contributed by atoms with Crippen LogP contribution in [0.1, 0.15) is 53.9 Å². The maximum Gasteiger partial charge on any atom is 0.410 e. The van der Waals surface area contributed by atoms with Crippen LogP contribution in [0.3, 0.4) is 0 Å². The monoisotopic (exact) mass is 412 g/mol. The second-order valence-corrected chi connectivity index (χ2v) is 9.18. The van der Waals surface area contributed by atoms with Gasteiger partial charge in [-0.05, 0) is 52.4 Å². The normalized spacial score (nSPS) is 22.1. The summed E-state index contributed by atoms with van der Waals surface area (Å²) < 4.78 is 5.24. The Kier molecular flexibility index (Phi) is 11.8. The molecule has 4 rings (SSSR count). The molecule has 2 saturated carbocycles. The number of aldehydes is 1. The summed E-state index contributed by atoms with van der Waals surface area (Å²) in [6.07, 6.45) is 6.09. The minimum atomic E-state index is -0.387. The van der Waals surface area contributed by atoms with E-state index in [-0.39, 0.29) is 19.1 Å². The van der Waals surface area contributed by atoms with Crippen molar-refractivity contribution in [3.05, 3.63) is 0 Å². The van der Waals surface area contributed by atoms with E-state index >= 15 is 0 Å². The molecule has 4 fully saturated rings. The number of rotatable bonds is 3. The van der Waals surface area contributed by atoms with Gasteiger partial charge in [0, 0.05) is 64.8 Å². The average Bonchev–Trinajstić information content (AvgIpc) is 3.58. The molecule has 2 N–H and O–H groups in total. The molecule has 2 heterocycles. The van der Waals surface area contributed by atoms with Gasteiger partial charge in [-0.3, -0.25) is 0 Å². The lowest BCUT2D eigenvalue weighted by molar-refractivity contribution is -0.108. The van der Waals surface area contributed by atoms with Gasteiger partial charge in [0.1, 0.15) is 11.9 Å². The highest BCUT2D eigenvalue weighted by atomic mass is 16.6. The molecule has 0 atom stereocenters. The number of amides is 1. The highest BCUT2D eigenvalue weighted by molar-refractivity contribution is 5.68. The van der Waals surface area contributed by atoms with Gasteiger partial charge in [-0.25, -0.2) is 4.79 Å². The maximum atomic E-state index is 11.5. The van der Waals surface area contributed by atoms with Gasteiger partial charge in [-0.2, -0.15) is 0 Å². The number of ether oxygens (including phenoxy) is 1. The second-order valence-electron chi connectivity index (χ2n) is 9.18. The van der Waals surface area contributed by atoms with Crippen molar-refractivity contribution in [3.63, 3.8) is 0 Å². The van der Waals surface area contributed by atoms with Crippen LogP contribution in [0, 0.1) is 11.8 Å². The molecule has 1 amide bonds. The summed E-state index contributed by atoms with van der Waals surface area (Å²) >= 11 is 0. The van der Waals surface area contributed by atoms with Crippen molar-refractivity contribution in [2.24, 2.45) is 11.8 Å². The highest BCUT2D eigenvalue weighted by Crippen LogP contribution is 2.29. The van der Waals surface area contributed by atoms with E-state index < -0.39 is 0 Å². The van der Waals surface area contributed by atoms with E-state index in [0.717, 1.165) is 51.2 Å². The van der Waals surface area contributed by atoms with Crippen LogP contribution < -0.4 is 10.6 Å². The third-order valence-corrected chi connectivity index (χ3v) is 5.01. The summed E-state index contributed by atoms with van der Waals surface area (Å²) in [5.74, 6) is 1.52. The van der Waals surface area contributed by atoms with Gasteiger partial charge >= 0.3 is 6.09 Å². The van der Waals surface area contributed by atoms with E-state index in [1.807, 2.05) is 20.8 Å². The molecule has 2 aliphatic carbocycles. The van der Waals surface area contributed by atoms with Crippen LogP contribution in [0.2, 0.25) is 0 Å². The smallest absolute Gasteiger partial charge is 0.410 e. The number of nitrogens with zero attached hydrogens (tertiary/aromatic N) is 2. The zero-order valence-corrected chi connectivity index (χ0v) is 18.0. The Bertz CT molecular complexity index is 461. The van der Waals surface area contributed by atoms with Crippen LogP contribution in [0.4, 0.5) is 4.79 Å². The first-order chi connectivity index (χ1) is 13.4. The summed E-state index contributed by atoms with van der Waals surface area (Å²) in [6.45, 7) is 15.2. The van der Waals surface area contributed by atoms with Crippen LogP contribution in [0.15, 0.2) is 0 Å². The molecule has 0 aromatic rings. The Morgan fingerprint density at radius 1 is 0.966 bits per heavy atom. The highest BCUT2D eigenvalue weighted by Gasteiger charge is 2.24. The largest absolute Gasteiger partial charge is 0.444 e. The van der Waals surface area contributed by atoms with Crippen LogP contribution in [-0.2, 0) is 9.53 Å². The van der Waals surface area contributed by atoms with E-state index in [0.29, 0.717) is 5.92 Å². The van der Waals surface area contributed by atoms with Crippen molar-refractivity contribution in [2.75, 3.05) is 58.9 Å². The van der Waals surface area contributed by atoms with Gasteiger partial charge in [-0.1, -0.05) is 7.43 Å². The minimum absolute atomic E-state index is 0. The van der Waals surface area contributed by atoms with E-state index in [2.05, 4.69) is 15.5 Å². The zero-order valence-electron chi connectivity index (χ0n) is 18.0. The summed E-state index contributed by atoms with van der Waals surface area (Å²) in [7, 11) is 0. The summed E-state index contributed by atoms with van der Waals surface area (Å²) in [4.78, 5) is 25.4. The molecule has 0 radical (unpaired) electrons. The van der Waals surface area contributed by atoms with Gasteiger partial charge in [0.2, 0.25) is 0 Å². The Morgan fingerprint density at radius 3 is 1.86 bits per heavy atom. The number of carbonyl (C=O) groups is 2. The molecule has 7 nitrogen and oxygen atoms in total. The Balaban J connectivity index is 0.000000232. The second kappa shape index (κ2) is 13.2. The van der Waals surface area contributed by atoms with Gasteiger partial charge in [0.05, 0.1) is 0 Å². The van der Waals surface area contributed by atoms with Crippen LogP contribution in [0.25, 0.3) is 0 Å². The fourth-order valence-electron chi connectivity index (χ4n) is 2.97. The first kappa shape index (κ1) is 25.9. The van der Waals surface area contributed by atoms with Crippen molar-refractivity contribution >= 4 is 12.4 Å². The number of piperazine rings is 2. The fraction of sp³-hybridized carbons (Fsp3) is 0.909. The van der Waals surface area contributed by atoms with E-state index in [1.165, 1.54) is 45.6 Å². The third kappa shape index (κ3) is 12.9. The van der Waals surface area contributed by atoms with Crippen molar-refractivity contribution in [1.29, 1.82) is 0 Å². The number of nitrogens with one attached hydrogen (secondary N) is 2. The lowest BCUT2D eigenvalue weighted by atomic mass is 10.2. The molecule has 0 bridgehead atoms. The number of carbonyl (C=O) groups excluding carboxylic acids is 2. The zero-order chi connectivity index (χ0) is 20.4. The quantitative estimate of drug-likeness (QED) is 0.693. The Morgan fingerprint density at radius 2 is 1.48 bits per heavy atom. The predicted molar refractivity (Wildman–Crippen MR) is 118 cm³/mol.